The lowest BCUT2D eigenvalue weighted by atomic mass is 10.2. The summed E-state index contributed by atoms with van der Waals surface area (Å²) in [6.45, 7) is 0.0878. The third kappa shape index (κ3) is 5.38. The molecule has 7 heteroatoms. The van der Waals surface area contributed by atoms with Gasteiger partial charge in [0.2, 0.25) is 0 Å². The van der Waals surface area contributed by atoms with E-state index < -0.39 is 37.5 Å². The lowest BCUT2D eigenvalue weighted by molar-refractivity contribution is -0.150. The third-order valence-corrected chi connectivity index (χ3v) is 2.36. The Morgan fingerprint density at radius 2 is 1.75 bits per heavy atom. The smallest absolute Gasteiger partial charge is 0.323 e. The Bertz CT molecular complexity index is 497. The molecule has 0 saturated heterocycles. The van der Waals surface area contributed by atoms with E-state index in [4.69, 9.17) is 14.9 Å². The van der Waals surface area contributed by atoms with Crippen molar-refractivity contribution in [3.05, 3.63) is 29.8 Å². The molecule has 2 N–H and O–H groups in total. The molecule has 0 aromatic heterocycles. The molecule has 0 bridgehead atoms. The number of rotatable bonds is 7. The van der Waals surface area contributed by atoms with Gasteiger partial charge < -0.3 is 19.8 Å². The van der Waals surface area contributed by atoms with E-state index in [0.717, 1.165) is 5.56 Å². The number of benzene rings is 1. The third-order valence-electron chi connectivity index (χ3n) is 2.36. The van der Waals surface area contributed by atoms with Crippen LogP contribution in [0.15, 0.2) is 24.3 Å². The molecule has 0 aliphatic rings. The largest absolute Gasteiger partial charge is 0.484 e. The normalized spacial score (nSPS) is 9.85. The van der Waals surface area contributed by atoms with E-state index in [9.17, 15) is 14.4 Å². The number of amides is 1. The number of aryl methyl sites for hydroxylation is 1. The Morgan fingerprint density at radius 3 is 2.25 bits per heavy atom. The maximum absolute atomic E-state index is 11.7. The average Bonchev–Trinajstić information content (AvgIpc) is 2.34. The van der Waals surface area contributed by atoms with Gasteiger partial charge in [0.15, 0.2) is 6.61 Å². The number of carboxylic acid groups (broad SMARTS) is 2. The predicted octanol–water partition coefficient (Wildman–Crippen LogP) is 0.372. The van der Waals surface area contributed by atoms with Crippen molar-refractivity contribution in [2.75, 3.05) is 19.7 Å². The van der Waals surface area contributed by atoms with E-state index in [2.05, 4.69) is 0 Å². The quantitative estimate of drug-likeness (QED) is 0.748. The number of carbonyl (C=O) groups excluding carboxylic acids is 1. The molecule has 0 atom stereocenters. The van der Waals surface area contributed by atoms with Crippen LogP contribution >= 0.6 is 0 Å². The first-order valence-corrected chi connectivity index (χ1v) is 5.79. The van der Waals surface area contributed by atoms with Gasteiger partial charge in [-0.3, -0.25) is 14.4 Å². The van der Waals surface area contributed by atoms with Gasteiger partial charge in [0.05, 0.1) is 0 Å². The highest BCUT2D eigenvalue weighted by molar-refractivity contribution is 5.85. The summed E-state index contributed by atoms with van der Waals surface area (Å²) >= 11 is 0. The molecular weight excluding hydrogens is 266 g/mol. The van der Waals surface area contributed by atoms with Gasteiger partial charge in [-0.25, -0.2) is 0 Å². The summed E-state index contributed by atoms with van der Waals surface area (Å²) in [6.07, 6.45) is 0. The molecule has 20 heavy (non-hydrogen) atoms. The molecule has 1 aromatic carbocycles. The van der Waals surface area contributed by atoms with E-state index >= 15 is 0 Å². The first-order valence-electron chi connectivity index (χ1n) is 5.79. The molecular formula is C13H15NO6. The SMILES string of the molecule is Cc1cccc(OCC(=O)N(CC(=O)O)CC(=O)O)c1. The van der Waals surface area contributed by atoms with Gasteiger partial charge in [-0.15, -0.1) is 0 Å². The molecule has 0 aliphatic heterocycles. The number of hydrogen-bond acceptors (Lipinski definition) is 4. The average molecular weight is 281 g/mol. The summed E-state index contributed by atoms with van der Waals surface area (Å²) in [5.41, 5.74) is 0.947. The van der Waals surface area contributed by atoms with Crippen LogP contribution in [0.3, 0.4) is 0 Å². The van der Waals surface area contributed by atoms with Crippen LogP contribution in [0.1, 0.15) is 5.56 Å². The second-order valence-electron chi connectivity index (χ2n) is 4.14. The van der Waals surface area contributed by atoms with Gasteiger partial charge in [0, 0.05) is 0 Å². The van der Waals surface area contributed by atoms with Gasteiger partial charge >= 0.3 is 11.9 Å². The van der Waals surface area contributed by atoms with Gasteiger partial charge in [-0.2, -0.15) is 0 Å². The molecule has 108 valence electrons. The Hall–Kier alpha value is -2.57. The lowest BCUT2D eigenvalue weighted by Crippen LogP contribution is -2.41. The van der Waals surface area contributed by atoms with Crippen LogP contribution in [0.2, 0.25) is 0 Å². The minimum atomic E-state index is -1.28. The van der Waals surface area contributed by atoms with Crippen LogP contribution in [-0.2, 0) is 14.4 Å². The van der Waals surface area contributed by atoms with Crippen molar-refractivity contribution >= 4 is 17.8 Å². The van der Waals surface area contributed by atoms with Crippen LogP contribution in [0.4, 0.5) is 0 Å². The number of carbonyl (C=O) groups is 3. The minimum absolute atomic E-state index is 0.413. The zero-order valence-corrected chi connectivity index (χ0v) is 10.9. The van der Waals surface area contributed by atoms with Crippen molar-refractivity contribution in [1.82, 2.24) is 4.90 Å². The number of nitrogens with zero attached hydrogens (tertiary/aromatic N) is 1. The number of aliphatic carboxylic acids is 2. The fourth-order valence-corrected chi connectivity index (χ4v) is 1.50. The van der Waals surface area contributed by atoms with Gasteiger partial charge in [-0.05, 0) is 24.6 Å². The minimum Gasteiger partial charge on any atom is -0.484 e. The molecule has 0 unspecified atom stereocenters. The van der Waals surface area contributed by atoms with Gasteiger partial charge in [0.1, 0.15) is 18.8 Å². The molecule has 1 rings (SSSR count). The Balaban J connectivity index is 2.61. The van der Waals surface area contributed by atoms with Crippen LogP contribution in [0.25, 0.3) is 0 Å². The molecule has 0 spiro atoms. The Labute approximate surface area is 115 Å². The topological polar surface area (TPSA) is 104 Å². The zero-order chi connectivity index (χ0) is 15.1. The molecule has 0 fully saturated rings. The van der Waals surface area contributed by atoms with E-state index in [1.54, 1.807) is 18.2 Å². The predicted molar refractivity (Wildman–Crippen MR) is 68.5 cm³/mol. The van der Waals surface area contributed by atoms with Crippen LogP contribution < -0.4 is 4.74 Å². The zero-order valence-electron chi connectivity index (χ0n) is 10.9. The second-order valence-corrected chi connectivity index (χ2v) is 4.14. The monoisotopic (exact) mass is 281 g/mol. The molecule has 0 radical (unpaired) electrons. The van der Waals surface area contributed by atoms with Gasteiger partial charge in [-0.1, -0.05) is 12.1 Å². The Kier molecular flexibility index (Phi) is 5.52. The van der Waals surface area contributed by atoms with E-state index in [1.807, 2.05) is 13.0 Å². The van der Waals surface area contributed by atoms with Crippen molar-refractivity contribution in [1.29, 1.82) is 0 Å². The van der Waals surface area contributed by atoms with E-state index in [-0.39, 0.29) is 0 Å². The molecule has 0 aliphatic carbocycles. The molecule has 0 saturated carbocycles. The number of hydrogen-bond donors (Lipinski definition) is 2. The highest BCUT2D eigenvalue weighted by Crippen LogP contribution is 2.12. The number of carboxylic acids is 2. The van der Waals surface area contributed by atoms with Crippen molar-refractivity contribution in [3.8, 4) is 5.75 Å². The summed E-state index contributed by atoms with van der Waals surface area (Å²) in [7, 11) is 0. The highest BCUT2D eigenvalue weighted by atomic mass is 16.5. The van der Waals surface area contributed by atoms with Crippen molar-refractivity contribution in [2.24, 2.45) is 0 Å². The first kappa shape index (κ1) is 15.5. The molecule has 1 amide bonds. The first-order chi connectivity index (χ1) is 9.38. The van der Waals surface area contributed by atoms with Crippen LogP contribution in [0.5, 0.6) is 5.75 Å². The number of ether oxygens (including phenoxy) is 1. The van der Waals surface area contributed by atoms with E-state index in [1.165, 1.54) is 0 Å². The Morgan fingerprint density at radius 1 is 1.15 bits per heavy atom. The maximum atomic E-state index is 11.7. The maximum Gasteiger partial charge on any atom is 0.323 e. The standard InChI is InChI=1S/C13H15NO6/c1-9-3-2-4-10(5-9)20-8-11(15)14(6-12(16)17)7-13(18)19/h2-5H,6-8H2,1H3,(H,16,17)(H,18,19). The van der Waals surface area contributed by atoms with Crippen LogP contribution in [0, 0.1) is 6.92 Å². The molecule has 7 nitrogen and oxygen atoms in total. The summed E-state index contributed by atoms with van der Waals surface area (Å²) in [5.74, 6) is -2.80. The summed E-state index contributed by atoms with van der Waals surface area (Å²) < 4.78 is 5.22. The second kappa shape index (κ2) is 7.13. The van der Waals surface area contributed by atoms with Crippen molar-refractivity contribution in [3.63, 3.8) is 0 Å². The molecule has 1 aromatic rings. The summed E-state index contributed by atoms with van der Waals surface area (Å²) in [4.78, 5) is 33.6. The lowest BCUT2D eigenvalue weighted by Gasteiger charge is -2.18. The highest BCUT2D eigenvalue weighted by Gasteiger charge is 2.20. The van der Waals surface area contributed by atoms with E-state index in [0.29, 0.717) is 10.6 Å². The van der Waals surface area contributed by atoms with Crippen LogP contribution in [-0.4, -0.2) is 52.7 Å². The summed E-state index contributed by atoms with van der Waals surface area (Å²) in [5, 5.41) is 17.3. The van der Waals surface area contributed by atoms with Crippen molar-refractivity contribution in [2.45, 2.75) is 6.92 Å². The summed E-state index contributed by atoms with van der Waals surface area (Å²) in [6, 6.07) is 6.97. The molecule has 0 heterocycles. The van der Waals surface area contributed by atoms with Crippen molar-refractivity contribution < 1.29 is 29.3 Å². The fraction of sp³-hybridized carbons (Fsp3) is 0.308. The van der Waals surface area contributed by atoms with Gasteiger partial charge in [0.25, 0.3) is 5.91 Å². The fourth-order valence-electron chi connectivity index (χ4n) is 1.50.